The molecule has 4 aromatic carbocycles. The van der Waals surface area contributed by atoms with Crippen LogP contribution in [0.25, 0.3) is 21.5 Å². The SMILES string of the molecule is C=CC1C(c2ccc(NC(C)(C)CCC(C)=S)c3c(C)cccc23)C(C)C1c1ccc(C)c2c(N3C(=C)CCC3(C)C)cccc12. The average Bonchev–Trinajstić information content (AvgIpc) is 3.28. The first kappa shape index (κ1) is 32.5. The number of thiocarbonyl (C=S) groups is 1. The fourth-order valence-corrected chi connectivity index (χ4v) is 8.96. The van der Waals surface area contributed by atoms with E-state index in [4.69, 9.17) is 12.2 Å². The van der Waals surface area contributed by atoms with Crippen molar-refractivity contribution < 1.29 is 0 Å². The summed E-state index contributed by atoms with van der Waals surface area (Å²) >= 11 is 5.41. The highest BCUT2D eigenvalue weighted by atomic mass is 32.1. The summed E-state index contributed by atoms with van der Waals surface area (Å²) in [7, 11) is 0. The first-order chi connectivity index (χ1) is 21.8. The van der Waals surface area contributed by atoms with Crippen LogP contribution in [0.3, 0.4) is 0 Å². The molecule has 1 saturated carbocycles. The van der Waals surface area contributed by atoms with E-state index in [0.29, 0.717) is 23.7 Å². The quantitative estimate of drug-likeness (QED) is 0.147. The molecule has 0 aromatic heterocycles. The molecule has 3 heteroatoms. The fraction of sp³-hybridized carbons (Fsp3) is 0.419. The molecule has 46 heavy (non-hydrogen) atoms. The van der Waals surface area contributed by atoms with E-state index in [1.165, 1.54) is 60.9 Å². The Balaban J connectivity index is 1.40. The molecule has 2 aliphatic rings. The molecule has 0 bridgehead atoms. The van der Waals surface area contributed by atoms with Gasteiger partial charge in [0.25, 0.3) is 0 Å². The Bertz CT molecular complexity index is 1860. The zero-order chi connectivity index (χ0) is 33.1. The monoisotopic (exact) mass is 628 g/mol. The van der Waals surface area contributed by atoms with Crippen molar-refractivity contribution in [3.63, 3.8) is 0 Å². The van der Waals surface area contributed by atoms with Crippen molar-refractivity contribution in [2.24, 2.45) is 11.8 Å². The molecule has 1 aliphatic carbocycles. The Morgan fingerprint density at radius 3 is 2.17 bits per heavy atom. The third-order valence-electron chi connectivity index (χ3n) is 11.3. The van der Waals surface area contributed by atoms with Crippen LogP contribution in [0, 0.1) is 25.7 Å². The molecule has 1 N–H and O–H groups in total. The summed E-state index contributed by atoms with van der Waals surface area (Å²) in [6, 6.07) is 23.2. The van der Waals surface area contributed by atoms with E-state index in [9.17, 15) is 0 Å². The number of rotatable bonds is 9. The molecule has 240 valence electrons. The Labute approximate surface area is 283 Å². The van der Waals surface area contributed by atoms with Gasteiger partial charge in [-0.2, -0.15) is 0 Å². The number of anilines is 2. The highest BCUT2D eigenvalue weighted by molar-refractivity contribution is 7.80. The maximum Gasteiger partial charge on any atom is 0.0495 e. The van der Waals surface area contributed by atoms with Gasteiger partial charge < -0.3 is 10.2 Å². The van der Waals surface area contributed by atoms with Crippen LogP contribution in [-0.4, -0.2) is 15.9 Å². The minimum Gasteiger partial charge on any atom is -0.380 e. The second-order valence-corrected chi connectivity index (χ2v) is 16.2. The average molecular weight is 629 g/mol. The summed E-state index contributed by atoms with van der Waals surface area (Å²) < 4.78 is 0. The molecule has 0 amide bonds. The molecule has 6 rings (SSSR count). The summed E-state index contributed by atoms with van der Waals surface area (Å²) in [4.78, 5) is 3.57. The topological polar surface area (TPSA) is 15.3 Å². The van der Waals surface area contributed by atoms with E-state index in [1.54, 1.807) is 0 Å². The number of allylic oxidation sites excluding steroid dienone is 2. The van der Waals surface area contributed by atoms with Crippen LogP contribution in [0.2, 0.25) is 0 Å². The van der Waals surface area contributed by atoms with Gasteiger partial charge in [0.15, 0.2) is 0 Å². The van der Waals surface area contributed by atoms with Gasteiger partial charge >= 0.3 is 0 Å². The molecular weight excluding hydrogens is 577 g/mol. The third kappa shape index (κ3) is 5.49. The lowest BCUT2D eigenvalue weighted by atomic mass is 9.52. The zero-order valence-electron chi connectivity index (χ0n) is 29.3. The van der Waals surface area contributed by atoms with Gasteiger partial charge in [0.2, 0.25) is 0 Å². The minimum absolute atomic E-state index is 0.0582. The molecule has 1 aliphatic heterocycles. The van der Waals surface area contributed by atoms with Crippen molar-refractivity contribution in [3.05, 3.63) is 108 Å². The molecule has 0 spiro atoms. The molecule has 4 aromatic rings. The van der Waals surface area contributed by atoms with Crippen molar-refractivity contribution in [2.75, 3.05) is 10.2 Å². The van der Waals surface area contributed by atoms with Gasteiger partial charge in [-0.1, -0.05) is 80.3 Å². The lowest BCUT2D eigenvalue weighted by Gasteiger charge is -2.51. The standard InChI is InChI=1S/C43H52N2S/c1-11-31-40(34-19-18-27(3)39-33(34)16-13-17-37(39)45-28(4)22-25-43(45,9)10)30(6)41(31)35-20-21-36(38-26(2)14-12-15-32(35)38)44-42(7,8)24-23-29(5)46/h11-21,30-31,40-41,44H,1,4,22-25H2,2-3,5-10H3. The summed E-state index contributed by atoms with van der Waals surface area (Å²) in [6.07, 6.45) is 6.38. The summed E-state index contributed by atoms with van der Waals surface area (Å²) in [5.41, 5.74) is 9.28. The Morgan fingerprint density at radius 2 is 1.57 bits per heavy atom. The lowest BCUT2D eigenvalue weighted by Crippen LogP contribution is -2.41. The van der Waals surface area contributed by atoms with E-state index in [2.05, 4.69) is 139 Å². The summed E-state index contributed by atoms with van der Waals surface area (Å²) in [5, 5.41) is 9.35. The number of hydrogen-bond donors (Lipinski definition) is 1. The number of hydrogen-bond acceptors (Lipinski definition) is 3. The number of nitrogens with zero attached hydrogens (tertiary/aromatic N) is 1. The van der Waals surface area contributed by atoms with Crippen LogP contribution >= 0.6 is 12.2 Å². The molecular formula is C43H52N2S. The van der Waals surface area contributed by atoms with Crippen LogP contribution in [0.15, 0.2) is 85.6 Å². The van der Waals surface area contributed by atoms with E-state index < -0.39 is 0 Å². The lowest BCUT2D eigenvalue weighted by molar-refractivity contribution is 0.153. The van der Waals surface area contributed by atoms with Crippen molar-refractivity contribution in [1.82, 2.24) is 0 Å². The van der Waals surface area contributed by atoms with E-state index >= 15 is 0 Å². The van der Waals surface area contributed by atoms with E-state index in [0.717, 1.165) is 30.5 Å². The normalized spacial score (nSPS) is 22.7. The van der Waals surface area contributed by atoms with Crippen LogP contribution < -0.4 is 10.2 Å². The van der Waals surface area contributed by atoms with Gasteiger partial charge in [0.1, 0.15) is 0 Å². The molecule has 4 atom stereocenters. The van der Waals surface area contributed by atoms with Gasteiger partial charge in [-0.05, 0) is 148 Å². The van der Waals surface area contributed by atoms with Gasteiger partial charge in [-0.15, -0.1) is 6.58 Å². The van der Waals surface area contributed by atoms with Gasteiger partial charge in [0.05, 0.1) is 0 Å². The maximum absolute atomic E-state index is 5.41. The van der Waals surface area contributed by atoms with Crippen molar-refractivity contribution >= 4 is 50.0 Å². The third-order valence-corrected chi connectivity index (χ3v) is 11.5. The molecule has 1 saturated heterocycles. The Hall–Kier alpha value is -3.43. The Kier molecular flexibility index (Phi) is 8.47. The fourth-order valence-electron chi connectivity index (χ4n) is 8.86. The molecule has 0 radical (unpaired) electrons. The Morgan fingerprint density at radius 1 is 0.957 bits per heavy atom. The number of nitrogens with one attached hydrogen (secondary N) is 1. The smallest absolute Gasteiger partial charge is 0.0495 e. The first-order valence-corrected chi connectivity index (χ1v) is 17.6. The second-order valence-electron chi connectivity index (χ2n) is 15.5. The first-order valence-electron chi connectivity index (χ1n) is 17.2. The summed E-state index contributed by atoms with van der Waals surface area (Å²) in [5.74, 6) is 1.64. The van der Waals surface area contributed by atoms with Crippen LogP contribution in [0.4, 0.5) is 11.4 Å². The molecule has 4 unspecified atom stereocenters. The van der Waals surface area contributed by atoms with E-state index in [1.807, 2.05) is 6.92 Å². The van der Waals surface area contributed by atoms with E-state index in [-0.39, 0.29) is 11.1 Å². The summed E-state index contributed by atoms with van der Waals surface area (Å²) in [6.45, 7) is 27.2. The highest BCUT2D eigenvalue weighted by Crippen LogP contribution is 2.60. The second kappa shape index (κ2) is 12.0. The zero-order valence-corrected chi connectivity index (χ0v) is 30.1. The van der Waals surface area contributed by atoms with Crippen LogP contribution in [0.5, 0.6) is 0 Å². The number of benzene rings is 4. The van der Waals surface area contributed by atoms with Gasteiger partial charge in [0, 0.05) is 38.9 Å². The molecule has 2 nitrogen and oxygen atoms in total. The van der Waals surface area contributed by atoms with Crippen molar-refractivity contribution in [2.45, 2.75) is 104 Å². The van der Waals surface area contributed by atoms with Crippen molar-refractivity contribution in [1.29, 1.82) is 0 Å². The number of fused-ring (bicyclic) bond motifs is 2. The predicted octanol–water partition coefficient (Wildman–Crippen LogP) is 12.2. The largest absolute Gasteiger partial charge is 0.380 e. The number of aryl methyl sites for hydroxylation is 2. The van der Waals surface area contributed by atoms with Crippen LogP contribution in [0.1, 0.15) is 101 Å². The van der Waals surface area contributed by atoms with Gasteiger partial charge in [-0.25, -0.2) is 0 Å². The molecule has 1 heterocycles. The van der Waals surface area contributed by atoms with Crippen molar-refractivity contribution in [3.8, 4) is 0 Å². The predicted molar refractivity (Wildman–Crippen MR) is 206 cm³/mol. The molecule has 2 fully saturated rings. The van der Waals surface area contributed by atoms with Crippen LogP contribution in [-0.2, 0) is 0 Å². The van der Waals surface area contributed by atoms with Gasteiger partial charge in [-0.3, -0.25) is 0 Å². The highest BCUT2D eigenvalue weighted by Gasteiger charge is 2.48. The maximum atomic E-state index is 5.41. The minimum atomic E-state index is -0.0582.